The molecule has 1 fully saturated rings. The number of hydrogen-bond donors (Lipinski definition) is 2. The Labute approximate surface area is 126 Å². The molecule has 1 aromatic rings. The summed E-state index contributed by atoms with van der Waals surface area (Å²) in [5.74, 6) is -0.288. The third-order valence-corrected chi connectivity index (χ3v) is 3.30. The van der Waals surface area contributed by atoms with Crippen LogP contribution in [0.1, 0.15) is 19.3 Å². The van der Waals surface area contributed by atoms with Crippen LogP contribution in [0.3, 0.4) is 0 Å². The van der Waals surface area contributed by atoms with Crippen molar-refractivity contribution in [3.8, 4) is 11.5 Å². The first kappa shape index (κ1) is 15.8. The zero-order chi connectivity index (χ0) is 14.2. The molecule has 0 saturated carbocycles. The summed E-state index contributed by atoms with van der Waals surface area (Å²) < 4.78 is 34.4. The van der Waals surface area contributed by atoms with Gasteiger partial charge < -0.3 is 20.1 Å². The molecule has 1 atom stereocenters. The van der Waals surface area contributed by atoms with E-state index >= 15 is 0 Å². The molecule has 1 unspecified atom stereocenters. The Balaban J connectivity index is 0.00000161. The number of carbonyl (C=O) groups is 1. The van der Waals surface area contributed by atoms with Crippen molar-refractivity contribution in [1.82, 2.24) is 5.32 Å². The van der Waals surface area contributed by atoms with Gasteiger partial charge in [-0.3, -0.25) is 4.79 Å². The Morgan fingerprint density at radius 1 is 1.29 bits per heavy atom. The van der Waals surface area contributed by atoms with E-state index in [0.29, 0.717) is 5.69 Å². The first-order chi connectivity index (χ1) is 9.53. The summed E-state index contributed by atoms with van der Waals surface area (Å²) in [5, 5.41) is 5.80. The van der Waals surface area contributed by atoms with E-state index < -0.39 is 6.29 Å². The smallest absolute Gasteiger partial charge is 0.395 e. The molecule has 1 saturated heterocycles. The molecule has 0 radical (unpaired) electrons. The minimum atomic E-state index is -3.64. The van der Waals surface area contributed by atoms with Gasteiger partial charge in [0.25, 0.3) is 0 Å². The fraction of sp³-hybridized carbons (Fsp3) is 0.462. The van der Waals surface area contributed by atoms with Crippen molar-refractivity contribution in [3.63, 3.8) is 0 Å². The Kier molecular flexibility index (Phi) is 4.53. The molecule has 2 aliphatic heterocycles. The van der Waals surface area contributed by atoms with Crippen LogP contribution in [0.15, 0.2) is 18.2 Å². The SMILES string of the molecule is Cl.O=C(Nc1ccc2c(c1)OC(F)(F)O2)C1CCCCN1. The number of anilines is 1. The highest BCUT2D eigenvalue weighted by Gasteiger charge is 2.43. The number of nitrogens with one attached hydrogen (secondary N) is 2. The van der Waals surface area contributed by atoms with Crippen LogP contribution in [-0.2, 0) is 4.79 Å². The van der Waals surface area contributed by atoms with Crippen LogP contribution in [0.25, 0.3) is 0 Å². The van der Waals surface area contributed by atoms with Gasteiger partial charge in [-0.15, -0.1) is 21.2 Å². The molecule has 1 aromatic carbocycles. The highest BCUT2D eigenvalue weighted by molar-refractivity contribution is 5.95. The Bertz CT molecular complexity index is 536. The van der Waals surface area contributed by atoms with Crippen molar-refractivity contribution in [1.29, 1.82) is 0 Å². The zero-order valence-corrected chi connectivity index (χ0v) is 11.8. The van der Waals surface area contributed by atoms with Gasteiger partial charge in [0.15, 0.2) is 11.5 Å². The van der Waals surface area contributed by atoms with Gasteiger partial charge in [-0.05, 0) is 31.5 Å². The lowest BCUT2D eigenvalue weighted by atomic mass is 10.0. The molecule has 0 spiro atoms. The number of alkyl halides is 2. The highest BCUT2D eigenvalue weighted by Crippen LogP contribution is 2.42. The molecule has 3 rings (SSSR count). The Hall–Kier alpha value is -1.60. The van der Waals surface area contributed by atoms with Gasteiger partial charge in [0, 0.05) is 11.8 Å². The molecule has 0 aromatic heterocycles. The van der Waals surface area contributed by atoms with E-state index in [-0.39, 0.29) is 35.9 Å². The third-order valence-electron chi connectivity index (χ3n) is 3.30. The maximum atomic E-state index is 12.9. The molecule has 5 nitrogen and oxygen atoms in total. The second kappa shape index (κ2) is 6.03. The minimum absolute atomic E-state index is 0. The summed E-state index contributed by atoms with van der Waals surface area (Å²) in [5.41, 5.74) is 0.405. The predicted octanol–water partition coefficient (Wildman–Crippen LogP) is 2.51. The van der Waals surface area contributed by atoms with Crippen molar-refractivity contribution in [2.24, 2.45) is 0 Å². The van der Waals surface area contributed by atoms with Crippen molar-refractivity contribution in [2.75, 3.05) is 11.9 Å². The molecule has 1 amide bonds. The number of benzene rings is 1. The second-order valence-corrected chi connectivity index (χ2v) is 4.82. The van der Waals surface area contributed by atoms with Crippen LogP contribution in [0.2, 0.25) is 0 Å². The van der Waals surface area contributed by atoms with Gasteiger partial charge in [-0.2, -0.15) is 0 Å². The minimum Gasteiger partial charge on any atom is -0.395 e. The van der Waals surface area contributed by atoms with Crippen molar-refractivity contribution >= 4 is 24.0 Å². The summed E-state index contributed by atoms with van der Waals surface area (Å²) in [6.45, 7) is 0.811. The lowest BCUT2D eigenvalue weighted by Gasteiger charge is -2.22. The quantitative estimate of drug-likeness (QED) is 0.879. The lowest BCUT2D eigenvalue weighted by molar-refractivity contribution is -0.286. The number of hydrogen-bond acceptors (Lipinski definition) is 4. The fourth-order valence-electron chi connectivity index (χ4n) is 2.33. The van der Waals surface area contributed by atoms with E-state index in [9.17, 15) is 13.6 Å². The Morgan fingerprint density at radius 2 is 2.05 bits per heavy atom. The average molecular weight is 321 g/mol. The van der Waals surface area contributed by atoms with E-state index in [1.807, 2.05) is 0 Å². The van der Waals surface area contributed by atoms with Gasteiger partial charge in [0.1, 0.15) is 0 Å². The van der Waals surface area contributed by atoms with Gasteiger partial charge in [0.2, 0.25) is 5.91 Å². The molecule has 2 N–H and O–H groups in total. The second-order valence-electron chi connectivity index (χ2n) is 4.82. The largest absolute Gasteiger partial charge is 0.586 e. The molecule has 116 valence electrons. The van der Waals surface area contributed by atoms with Crippen LogP contribution in [0.5, 0.6) is 11.5 Å². The number of halogens is 3. The first-order valence-electron chi connectivity index (χ1n) is 6.48. The standard InChI is InChI=1S/C13H14F2N2O3.ClH/c14-13(15)19-10-5-4-8(7-11(10)20-13)17-12(18)9-3-1-2-6-16-9;/h4-5,7,9,16H,1-3,6H2,(H,17,18);1H. The highest BCUT2D eigenvalue weighted by atomic mass is 35.5. The van der Waals surface area contributed by atoms with Crippen LogP contribution < -0.4 is 20.1 Å². The molecular weight excluding hydrogens is 306 g/mol. The summed E-state index contributed by atoms with van der Waals surface area (Å²) in [4.78, 5) is 12.0. The number of carbonyl (C=O) groups excluding carboxylic acids is 1. The van der Waals surface area contributed by atoms with Gasteiger partial charge in [-0.1, -0.05) is 6.42 Å². The summed E-state index contributed by atoms with van der Waals surface area (Å²) in [6.07, 6.45) is -0.814. The third kappa shape index (κ3) is 3.54. The molecule has 8 heteroatoms. The van der Waals surface area contributed by atoms with Crippen LogP contribution >= 0.6 is 12.4 Å². The number of ether oxygens (including phenoxy) is 2. The van der Waals surface area contributed by atoms with E-state index in [0.717, 1.165) is 25.8 Å². The average Bonchev–Trinajstić information content (AvgIpc) is 2.73. The fourth-order valence-corrected chi connectivity index (χ4v) is 2.33. The van der Waals surface area contributed by atoms with E-state index in [1.165, 1.54) is 18.2 Å². The molecule has 21 heavy (non-hydrogen) atoms. The normalized spacial score (nSPS) is 22.3. The number of fused-ring (bicyclic) bond motifs is 1. The summed E-state index contributed by atoms with van der Waals surface area (Å²) in [6, 6.07) is 3.94. The van der Waals surface area contributed by atoms with E-state index in [4.69, 9.17) is 0 Å². The molecule has 2 heterocycles. The summed E-state index contributed by atoms with van der Waals surface area (Å²) in [7, 11) is 0. The van der Waals surface area contributed by atoms with Crippen molar-refractivity contribution < 1.29 is 23.0 Å². The van der Waals surface area contributed by atoms with Crippen LogP contribution in [-0.4, -0.2) is 24.8 Å². The molecular formula is C13H15ClF2N2O3. The molecule has 0 bridgehead atoms. The number of piperidine rings is 1. The van der Waals surface area contributed by atoms with Gasteiger partial charge >= 0.3 is 6.29 Å². The van der Waals surface area contributed by atoms with E-state index in [2.05, 4.69) is 20.1 Å². The number of rotatable bonds is 2. The molecule has 0 aliphatic carbocycles. The van der Waals surface area contributed by atoms with Crippen molar-refractivity contribution in [3.05, 3.63) is 18.2 Å². The maximum absolute atomic E-state index is 12.9. The Morgan fingerprint density at radius 3 is 2.76 bits per heavy atom. The summed E-state index contributed by atoms with van der Waals surface area (Å²) >= 11 is 0. The van der Waals surface area contributed by atoms with Gasteiger partial charge in [0.05, 0.1) is 6.04 Å². The van der Waals surface area contributed by atoms with E-state index in [1.54, 1.807) is 0 Å². The van der Waals surface area contributed by atoms with Crippen LogP contribution in [0, 0.1) is 0 Å². The number of amides is 1. The lowest BCUT2D eigenvalue weighted by Crippen LogP contribution is -2.43. The molecule has 2 aliphatic rings. The zero-order valence-electron chi connectivity index (χ0n) is 11.0. The van der Waals surface area contributed by atoms with Crippen molar-refractivity contribution in [2.45, 2.75) is 31.6 Å². The predicted molar refractivity (Wildman–Crippen MR) is 74.2 cm³/mol. The monoisotopic (exact) mass is 320 g/mol. The maximum Gasteiger partial charge on any atom is 0.586 e. The first-order valence-corrected chi connectivity index (χ1v) is 6.48. The topological polar surface area (TPSA) is 59.6 Å². The van der Waals surface area contributed by atoms with Gasteiger partial charge in [-0.25, -0.2) is 0 Å². The van der Waals surface area contributed by atoms with Crippen LogP contribution in [0.4, 0.5) is 14.5 Å².